The van der Waals surface area contributed by atoms with E-state index in [4.69, 9.17) is 6.42 Å². The molecule has 0 saturated carbocycles. The molecule has 3 aromatic rings. The fraction of sp³-hybridized carbons (Fsp3) is 0.263. The van der Waals surface area contributed by atoms with Crippen LogP contribution in [0.2, 0.25) is 0 Å². The van der Waals surface area contributed by atoms with Gasteiger partial charge in [-0.05, 0) is 36.8 Å². The Labute approximate surface area is 139 Å². The molecule has 3 heteroatoms. The van der Waals surface area contributed by atoms with Crippen LogP contribution in [0, 0.1) is 12.3 Å². The Morgan fingerprint density at radius 3 is 2.77 bits per heavy atom. The lowest BCUT2D eigenvalue weighted by Gasteiger charge is -2.05. The second-order valence-electron chi connectivity index (χ2n) is 5.39. The van der Waals surface area contributed by atoms with Crippen molar-refractivity contribution < 1.29 is 0 Å². The summed E-state index contributed by atoms with van der Waals surface area (Å²) in [5, 5.41) is 6.02. The Kier molecular flexibility index (Phi) is 4.52. The van der Waals surface area contributed by atoms with Crippen LogP contribution in [-0.4, -0.2) is 11.1 Å². The average Bonchev–Trinajstić information content (AvgIpc) is 2.83. The van der Waals surface area contributed by atoms with Crippen molar-refractivity contribution in [3.05, 3.63) is 46.4 Å². The highest BCUT2D eigenvalue weighted by molar-refractivity contribution is 9.10. The summed E-state index contributed by atoms with van der Waals surface area (Å²) in [7, 11) is 0. The van der Waals surface area contributed by atoms with Crippen molar-refractivity contribution in [1.82, 2.24) is 9.88 Å². The lowest BCUT2D eigenvalue weighted by Crippen LogP contribution is -2.13. The fourth-order valence-corrected chi connectivity index (χ4v) is 3.31. The Morgan fingerprint density at radius 2 is 2.00 bits per heavy atom. The summed E-state index contributed by atoms with van der Waals surface area (Å²) >= 11 is 3.58. The second-order valence-corrected chi connectivity index (χ2v) is 6.30. The van der Waals surface area contributed by atoms with Gasteiger partial charge in [-0.1, -0.05) is 28.1 Å². The summed E-state index contributed by atoms with van der Waals surface area (Å²) < 4.78 is 3.49. The molecule has 0 atom stereocenters. The molecule has 3 rings (SSSR count). The highest BCUT2D eigenvalue weighted by Gasteiger charge is 2.10. The molecule has 0 amide bonds. The number of halogens is 1. The lowest BCUT2D eigenvalue weighted by atomic mass is 10.1. The number of hydrogen-bond donors (Lipinski definition) is 1. The number of terminal acetylenes is 1. The molecule has 0 unspecified atom stereocenters. The van der Waals surface area contributed by atoms with Crippen molar-refractivity contribution in [3.8, 4) is 12.3 Å². The molecule has 112 valence electrons. The summed E-state index contributed by atoms with van der Waals surface area (Å²) in [6.45, 7) is 4.87. The van der Waals surface area contributed by atoms with Gasteiger partial charge in [0.25, 0.3) is 0 Å². The molecule has 0 fully saturated rings. The van der Waals surface area contributed by atoms with Gasteiger partial charge in [0, 0.05) is 46.8 Å². The van der Waals surface area contributed by atoms with Gasteiger partial charge in [-0.25, -0.2) is 0 Å². The summed E-state index contributed by atoms with van der Waals surface area (Å²) in [4.78, 5) is 0. The van der Waals surface area contributed by atoms with Gasteiger partial charge in [-0.3, -0.25) is 0 Å². The summed E-state index contributed by atoms with van der Waals surface area (Å²) in [5.41, 5.74) is 3.87. The monoisotopic (exact) mass is 354 g/mol. The molecule has 1 N–H and O–H groups in total. The zero-order valence-corrected chi connectivity index (χ0v) is 14.3. The molecule has 0 bridgehead atoms. The van der Waals surface area contributed by atoms with Gasteiger partial charge in [-0.15, -0.1) is 12.3 Å². The van der Waals surface area contributed by atoms with E-state index in [9.17, 15) is 0 Å². The number of aromatic nitrogens is 1. The Hall–Kier alpha value is -1.76. The van der Waals surface area contributed by atoms with E-state index in [-0.39, 0.29) is 0 Å². The molecule has 0 aliphatic heterocycles. The fourth-order valence-electron chi connectivity index (χ4n) is 2.96. The molecule has 1 aromatic heterocycles. The number of hydrogen-bond acceptors (Lipinski definition) is 1. The molecule has 0 saturated heterocycles. The first-order valence-electron chi connectivity index (χ1n) is 7.59. The predicted molar refractivity (Wildman–Crippen MR) is 98.0 cm³/mol. The van der Waals surface area contributed by atoms with Crippen LogP contribution in [0.5, 0.6) is 0 Å². The van der Waals surface area contributed by atoms with Crippen LogP contribution < -0.4 is 5.32 Å². The van der Waals surface area contributed by atoms with E-state index in [2.05, 4.69) is 75.1 Å². The molecule has 2 nitrogen and oxygen atoms in total. The molecular formula is C19H19BrN2. The standard InChI is InChI=1S/C19H19BrN2/c1-3-5-10-21-13-14-6-9-18-17(11-14)16-8-7-15(20)12-19(16)22(18)4-2/h1,6-9,11-12,21H,4-5,10,13H2,2H3. The van der Waals surface area contributed by atoms with Crippen molar-refractivity contribution in [1.29, 1.82) is 0 Å². The van der Waals surface area contributed by atoms with Crippen LogP contribution in [0.3, 0.4) is 0 Å². The number of nitrogens with one attached hydrogen (secondary N) is 1. The van der Waals surface area contributed by atoms with Crippen molar-refractivity contribution in [2.75, 3.05) is 6.54 Å². The molecular weight excluding hydrogens is 336 g/mol. The number of nitrogens with zero attached hydrogens (tertiary/aromatic N) is 1. The number of fused-ring (bicyclic) bond motifs is 3. The number of rotatable bonds is 5. The van der Waals surface area contributed by atoms with Gasteiger partial charge in [0.05, 0.1) is 5.52 Å². The largest absolute Gasteiger partial charge is 0.341 e. The summed E-state index contributed by atoms with van der Waals surface area (Å²) in [5.74, 6) is 2.65. The number of benzene rings is 2. The van der Waals surface area contributed by atoms with E-state index in [1.807, 2.05) is 0 Å². The molecule has 0 aliphatic rings. The second kappa shape index (κ2) is 6.56. The maximum absolute atomic E-state index is 5.28. The Balaban J connectivity index is 2.04. The van der Waals surface area contributed by atoms with Crippen molar-refractivity contribution in [3.63, 3.8) is 0 Å². The molecule has 0 radical (unpaired) electrons. The molecule has 1 heterocycles. The third-order valence-corrected chi connectivity index (χ3v) is 4.48. The lowest BCUT2D eigenvalue weighted by molar-refractivity contribution is 0.702. The minimum Gasteiger partial charge on any atom is -0.341 e. The third kappa shape index (κ3) is 2.77. The van der Waals surface area contributed by atoms with E-state index < -0.39 is 0 Å². The van der Waals surface area contributed by atoms with E-state index in [1.165, 1.54) is 27.4 Å². The predicted octanol–water partition coefficient (Wildman–Crippen LogP) is 4.69. The summed E-state index contributed by atoms with van der Waals surface area (Å²) in [6, 6.07) is 13.2. The summed E-state index contributed by atoms with van der Waals surface area (Å²) in [6.07, 6.45) is 6.05. The van der Waals surface area contributed by atoms with Crippen LogP contribution in [0.1, 0.15) is 18.9 Å². The van der Waals surface area contributed by atoms with Crippen molar-refractivity contribution in [2.45, 2.75) is 26.4 Å². The SMILES string of the molecule is C#CCCNCc1ccc2c(c1)c1ccc(Br)cc1n2CC. The zero-order valence-electron chi connectivity index (χ0n) is 12.7. The highest BCUT2D eigenvalue weighted by atomic mass is 79.9. The Bertz CT molecular complexity index is 855. The number of aryl methyl sites for hydroxylation is 1. The van der Waals surface area contributed by atoms with Crippen LogP contribution >= 0.6 is 15.9 Å². The smallest absolute Gasteiger partial charge is 0.0502 e. The third-order valence-electron chi connectivity index (χ3n) is 3.98. The first-order valence-corrected chi connectivity index (χ1v) is 8.38. The van der Waals surface area contributed by atoms with Gasteiger partial charge in [0.1, 0.15) is 0 Å². The Morgan fingerprint density at radius 1 is 1.14 bits per heavy atom. The average molecular weight is 355 g/mol. The van der Waals surface area contributed by atoms with Gasteiger partial charge < -0.3 is 9.88 Å². The highest BCUT2D eigenvalue weighted by Crippen LogP contribution is 2.31. The van der Waals surface area contributed by atoms with Crippen LogP contribution in [0.25, 0.3) is 21.8 Å². The van der Waals surface area contributed by atoms with Gasteiger partial charge in [-0.2, -0.15) is 0 Å². The maximum atomic E-state index is 5.28. The minimum absolute atomic E-state index is 0.769. The van der Waals surface area contributed by atoms with E-state index >= 15 is 0 Å². The van der Waals surface area contributed by atoms with Gasteiger partial charge in [0.15, 0.2) is 0 Å². The molecule has 0 aliphatic carbocycles. The van der Waals surface area contributed by atoms with Crippen molar-refractivity contribution in [2.24, 2.45) is 0 Å². The van der Waals surface area contributed by atoms with Gasteiger partial charge in [0.2, 0.25) is 0 Å². The van der Waals surface area contributed by atoms with E-state index in [0.29, 0.717) is 0 Å². The molecule has 2 aromatic carbocycles. The van der Waals surface area contributed by atoms with Crippen LogP contribution in [-0.2, 0) is 13.1 Å². The first-order chi connectivity index (χ1) is 10.7. The minimum atomic E-state index is 0.769. The normalized spacial score (nSPS) is 11.1. The van der Waals surface area contributed by atoms with Crippen LogP contribution in [0.4, 0.5) is 0 Å². The van der Waals surface area contributed by atoms with Crippen LogP contribution in [0.15, 0.2) is 40.9 Å². The van der Waals surface area contributed by atoms with E-state index in [0.717, 1.165) is 30.5 Å². The first kappa shape index (κ1) is 15.1. The van der Waals surface area contributed by atoms with Gasteiger partial charge >= 0.3 is 0 Å². The maximum Gasteiger partial charge on any atom is 0.0502 e. The molecule has 22 heavy (non-hydrogen) atoms. The van der Waals surface area contributed by atoms with E-state index in [1.54, 1.807) is 0 Å². The quantitative estimate of drug-likeness (QED) is 0.519. The molecule has 0 spiro atoms. The zero-order chi connectivity index (χ0) is 15.5. The van der Waals surface area contributed by atoms with Crippen molar-refractivity contribution >= 4 is 37.7 Å². The topological polar surface area (TPSA) is 17.0 Å².